The molecule has 5 nitrogen and oxygen atoms in total. The van der Waals surface area contributed by atoms with Gasteiger partial charge < -0.3 is 5.11 Å². The Balaban J connectivity index is 3.08. The van der Waals surface area contributed by atoms with Gasteiger partial charge in [-0.15, -0.1) is 11.3 Å². The second-order valence-electron chi connectivity index (χ2n) is 4.17. The van der Waals surface area contributed by atoms with Gasteiger partial charge in [-0.3, -0.25) is 4.79 Å². The molecule has 1 rings (SSSR count). The van der Waals surface area contributed by atoms with Crippen LogP contribution in [-0.4, -0.2) is 25.5 Å². The van der Waals surface area contributed by atoms with Crippen LogP contribution < -0.4 is 4.72 Å². The summed E-state index contributed by atoms with van der Waals surface area (Å²) < 4.78 is 27.0. The first-order valence-electron chi connectivity index (χ1n) is 5.16. The molecule has 0 radical (unpaired) electrons. The Bertz CT molecular complexity index is 550. The molecule has 102 valence electrons. The SMILES string of the molecule is Cc1cc(Br)c(S(=O)(=O)N[C@@H](C(=O)O)C(C)C)s1. The molecule has 0 aromatic carbocycles. The van der Waals surface area contributed by atoms with Crippen molar-refractivity contribution in [2.75, 3.05) is 0 Å². The fraction of sp³-hybridized carbons (Fsp3) is 0.500. The number of carboxylic acid groups (broad SMARTS) is 1. The summed E-state index contributed by atoms with van der Waals surface area (Å²) >= 11 is 4.26. The van der Waals surface area contributed by atoms with Crippen LogP contribution in [0.4, 0.5) is 0 Å². The molecule has 0 aliphatic rings. The van der Waals surface area contributed by atoms with Gasteiger partial charge in [0.25, 0.3) is 10.0 Å². The van der Waals surface area contributed by atoms with Gasteiger partial charge in [0, 0.05) is 9.35 Å². The second-order valence-corrected chi connectivity index (χ2v) is 8.19. The highest BCUT2D eigenvalue weighted by molar-refractivity contribution is 9.10. The molecule has 0 aliphatic heterocycles. The minimum Gasteiger partial charge on any atom is -0.480 e. The first-order valence-corrected chi connectivity index (χ1v) is 8.25. The van der Waals surface area contributed by atoms with E-state index in [4.69, 9.17) is 5.11 Å². The van der Waals surface area contributed by atoms with Crippen molar-refractivity contribution >= 4 is 43.3 Å². The molecule has 1 atom stereocenters. The zero-order chi connectivity index (χ0) is 14.1. The van der Waals surface area contributed by atoms with E-state index in [-0.39, 0.29) is 10.1 Å². The van der Waals surface area contributed by atoms with Crippen molar-refractivity contribution in [1.82, 2.24) is 4.72 Å². The van der Waals surface area contributed by atoms with Crippen molar-refractivity contribution < 1.29 is 18.3 Å². The molecule has 0 bridgehead atoms. The summed E-state index contributed by atoms with van der Waals surface area (Å²) in [6, 6.07) is 0.550. The molecular weight excluding hydrogens is 342 g/mol. The summed E-state index contributed by atoms with van der Waals surface area (Å²) in [7, 11) is -3.82. The zero-order valence-corrected chi connectivity index (χ0v) is 13.3. The van der Waals surface area contributed by atoms with Gasteiger partial charge in [-0.1, -0.05) is 13.8 Å². The van der Waals surface area contributed by atoms with Crippen LogP contribution in [-0.2, 0) is 14.8 Å². The maximum absolute atomic E-state index is 12.1. The quantitative estimate of drug-likeness (QED) is 0.847. The van der Waals surface area contributed by atoms with Crippen molar-refractivity contribution in [2.45, 2.75) is 31.0 Å². The summed E-state index contributed by atoms with van der Waals surface area (Å²) in [5.74, 6) is -1.52. The van der Waals surface area contributed by atoms with E-state index in [1.54, 1.807) is 26.8 Å². The molecule has 18 heavy (non-hydrogen) atoms. The Hall–Kier alpha value is -0.440. The molecule has 1 aromatic heterocycles. The van der Waals surface area contributed by atoms with Crippen LogP contribution in [0, 0.1) is 12.8 Å². The fourth-order valence-corrected chi connectivity index (χ4v) is 5.45. The Morgan fingerprint density at radius 3 is 2.39 bits per heavy atom. The minimum atomic E-state index is -3.82. The van der Waals surface area contributed by atoms with Crippen LogP contribution in [0.2, 0.25) is 0 Å². The average Bonchev–Trinajstić information content (AvgIpc) is 2.54. The van der Waals surface area contributed by atoms with E-state index in [2.05, 4.69) is 20.7 Å². The summed E-state index contributed by atoms with van der Waals surface area (Å²) in [5, 5.41) is 8.99. The minimum absolute atomic E-state index is 0.104. The highest BCUT2D eigenvalue weighted by Gasteiger charge is 2.30. The van der Waals surface area contributed by atoms with E-state index >= 15 is 0 Å². The summed E-state index contributed by atoms with van der Waals surface area (Å²) in [4.78, 5) is 11.8. The smallest absolute Gasteiger partial charge is 0.322 e. The molecule has 0 saturated carbocycles. The van der Waals surface area contributed by atoms with Gasteiger partial charge in [0.1, 0.15) is 10.3 Å². The maximum atomic E-state index is 12.1. The second kappa shape index (κ2) is 5.68. The van der Waals surface area contributed by atoms with Gasteiger partial charge in [-0.2, -0.15) is 4.72 Å². The first-order chi connectivity index (χ1) is 8.15. The zero-order valence-electron chi connectivity index (χ0n) is 10.1. The van der Waals surface area contributed by atoms with Crippen LogP contribution in [0.25, 0.3) is 0 Å². The molecule has 0 spiro atoms. The number of hydrogen-bond acceptors (Lipinski definition) is 4. The van der Waals surface area contributed by atoms with Crippen LogP contribution >= 0.6 is 27.3 Å². The number of carboxylic acids is 1. The van der Waals surface area contributed by atoms with Gasteiger partial charge in [0.2, 0.25) is 0 Å². The lowest BCUT2D eigenvalue weighted by molar-refractivity contribution is -0.140. The standard InChI is InChI=1S/C10H14BrNO4S2/c1-5(2)8(9(13)14)12-18(15,16)10-7(11)4-6(3)17-10/h4-5,8,12H,1-3H3,(H,13,14)/t8-/m1/s1. The Labute approximate surface area is 118 Å². The van der Waals surface area contributed by atoms with Gasteiger partial charge in [-0.25, -0.2) is 8.42 Å². The van der Waals surface area contributed by atoms with Gasteiger partial charge in [0.05, 0.1) is 0 Å². The number of halogens is 1. The lowest BCUT2D eigenvalue weighted by atomic mass is 10.1. The molecule has 0 unspecified atom stereocenters. The molecule has 0 saturated heterocycles. The molecule has 0 amide bonds. The lowest BCUT2D eigenvalue weighted by Crippen LogP contribution is -2.44. The molecule has 8 heteroatoms. The van der Waals surface area contributed by atoms with E-state index < -0.39 is 22.0 Å². The van der Waals surface area contributed by atoms with Gasteiger partial charge in [-0.05, 0) is 34.8 Å². The van der Waals surface area contributed by atoms with Crippen molar-refractivity contribution in [1.29, 1.82) is 0 Å². The van der Waals surface area contributed by atoms with E-state index in [1.807, 2.05) is 0 Å². The number of nitrogens with one attached hydrogen (secondary N) is 1. The number of hydrogen-bond donors (Lipinski definition) is 2. The third kappa shape index (κ3) is 3.53. The molecule has 1 aromatic rings. The van der Waals surface area contributed by atoms with Crippen molar-refractivity contribution in [3.05, 3.63) is 15.4 Å². The van der Waals surface area contributed by atoms with E-state index in [9.17, 15) is 13.2 Å². The Morgan fingerprint density at radius 2 is 2.06 bits per heavy atom. The Morgan fingerprint density at radius 1 is 1.50 bits per heavy atom. The number of thiophene rings is 1. The highest BCUT2D eigenvalue weighted by Crippen LogP contribution is 2.31. The van der Waals surface area contributed by atoms with E-state index in [0.717, 1.165) is 16.2 Å². The molecule has 1 heterocycles. The predicted octanol–water partition coefficient (Wildman–Crippen LogP) is 2.21. The number of aliphatic carboxylic acids is 1. The largest absolute Gasteiger partial charge is 0.480 e. The van der Waals surface area contributed by atoms with Crippen molar-refractivity contribution in [3.8, 4) is 0 Å². The molecule has 0 fully saturated rings. The lowest BCUT2D eigenvalue weighted by Gasteiger charge is -2.17. The van der Waals surface area contributed by atoms with Crippen molar-refractivity contribution in [2.24, 2.45) is 5.92 Å². The van der Waals surface area contributed by atoms with Crippen LogP contribution in [0.1, 0.15) is 18.7 Å². The normalized spacial score (nSPS) is 13.8. The fourth-order valence-electron chi connectivity index (χ4n) is 1.34. The Kier molecular flexibility index (Phi) is 4.93. The summed E-state index contributed by atoms with van der Waals surface area (Å²) in [6.45, 7) is 5.08. The first kappa shape index (κ1) is 15.6. The summed E-state index contributed by atoms with van der Waals surface area (Å²) in [5.41, 5.74) is 0. The van der Waals surface area contributed by atoms with Gasteiger partial charge >= 0.3 is 5.97 Å². The number of aryl methyl sites for hydroxylation is 1. The third-order valence-corrected chi connectivity index (χ3v) is 6.41. The number of rotatable bonds is 5. The maximum Gasteiger partial charge on any atom is 0.322 e. The monoisotopic (exact) mass is 355 g/mol. The van der Waals surface area contributed by atoms with Crippen molar-refractivity contribution in [3.63, 3.8) is 0 Å². The predicted molar refractivity (Wildman–Crippen MR) is 73.3 cm³/mol. The van der Waals surface area contributed by atoms with Crippen LogP contribution in [0.15, 0.2) is 14.7 Å². The molecule has 2 N–H and O–H groups in total. The van der Waals surface area contributed by atoms with E-state index in [1.165, 1.54) is 0 Å². The summed E-state index contributed by atoms with van der Waals surface area (Å²) in [6.07, 6.45) is 0. The highest BCUT2D eigenvalue weighted by atomic mass is 79.9. The number of carbonyl (C=O) groups is 1. The van der Waals surface area contributed by atoms with Crippen LogP contribution in [0.3, 0.4) is 0 Å². The van der Waals surface area contributed by atoms with Gasteiger partial charge in [0.15, 0.2) is 0 Å². The molecule has 0 aliphatic carbocycles. The van der Waals surface area contributed by atoms with Crippen LogP contribution in [0.5, 0.6) is 0 Å². The molecular formula is C10H14BrNO4S2. The third-order valence-electron chi connectivity index (χ3n) is 2.24. The average molecular weight is 356 g/mol. The number of sulfonamides is 1. The van der Waals surface area contributed by atoms with E-state index in [0.29, 0.717) is 4.47 Å². The topological polar surface area (TPSA) is 83.5 Å².